The van der Waals surface area contributed by atoms with Crippen LogP contribution in [0.1, 0.15) is 46.0 Å². The van der Waals surface area contributed by atoms with Crippen molar-refractivity contribution in [1.29, 1.82) is 0 Å². The minimum absolute atomic E-state index is 0.441. The van der Waals surface area contributed by atoms with Gasteiger partial charge in [0.2, 0.25) is 0 Å². The van der Waals surface area contributed by atoms with Crippen molar-refractivity contribution in [2.75, 3.05) is 52.9 Å². The standard InChI is InChI=1S/C18H36N4O/c1-4-23-17-8-14-22(15-9-17)18(19-3)20-10-5-11-21-12-6-16(2)7-13-21/h16-17H,4-15H2,1-3H3,(H,19,20). The van der Waals surface area contributed by atoms with Crippen molar-refractivity contribution in [3.8, 4) is 0 Å². The molecule has 2 aliphatic heterocycles. The molecule has 2 aliphatic rings. The molecule has 5 nitrogen and oxygen atoms in total. The monoisotopic (exact) mass is 324 g/mol. The number of guanidine groups is 1. The average molecular weight is 325 g/mol. The maximum Gasteiger partial charge on any atom is 0.193 e. The van der Waals surface area contributed by atoms with Crippen LogP contribution >= 0.6 is 0 Å². The number of rotatable bonds is 6. The zero-order chi connectivity index (χ0) is 16.5. The van der Waals surface area contributed by atoms with Crippen LogP contribution in [-0.2, 0) is 4.74 Å². The van der Waals surface area contributed by atoms with Gasteiger partial charge in [0.25, 0.3) is 0 Å². The Morgan fingerprint density at radius 3 is 2.43 bits per heavy atom. The van der Waals surface area contributed by atoms with Crippen LogP contribution in [0.3, 0.4) is 0 Å². The van der Waals surface area contributed by atoms with Gasteiger partial charge in [-0.05, 0) is 64.6 Å². The topological polar surface area (TPSA) is 40.1 Å². The van der Waals surface area contributed by atoms with Crippen LogP contribution in [0, 0.1) is 5.92 Å². The van der Waals surface area contributed by atoms with E-state index in [1.807, 2.05) is 7.05 Å². The van der Waals surface area contributed by atoms with Gasteiger partial charge in [0.05, 0.1) is 6.10 Å². The van der Waals surface area contributed by atoms with Crippen LogP contribution in [0.15, 0.2) is 4.99 Å². The van der Waals surface area contributed by atoms with Crippen molar-refractivity contribution >= 4 is 5.96 Å². The third-order valence-electron chi connectivity index (χ3n) is 5.17. The molecule has 2 fully saturated rings. The largest absolute Gasteiger partial charge is 0.378 e. The molecule has 23 heavy (non-hydrogen) atoms. The van der Waals surface area contributed by atoms with Crippen molar-refractivity contribution in [3.05, 3.63) is 0 Å². The maximum atomic E-state index is 5.73. The molecular formula is C18H36N4O. The van der Waals surface area contributed by atoms with E-state index in [1.54, 1.807) is 0 Å². The van der Waals surface area contributed by atoms with Gasteiger partial charge >= 0.3 is 0 Å². The summed E-state index contributed by atoms with van der Waals surface area (Å²) in [4.78, 5) is 9.44. The summed E-state index contributed by atoms with van der Waals surface area (Å²) in [7, 11) is 1.89. The fourth-order valence-electron chi connectivity index (χ4n) is 3.59. The molecule has 0 atom stereocenters. The lowest BCUT2D eigenvalue weighted by Gasteiger charge is -2.34. The molecule has 0 spiro atoms. The number of aliphatic imine (C=N–C) groups is 1. The highest BCUT2D eigenvalue weighted by molar-refractivity contribution is 5.79. The molecular weight excluding hydrogens is 288 g/mol. The molecule has 0 saturated carbocycles. The summed E-state index contributed by atoms with van der Waals surface area (Å²) in [5, 5.41) is 3.54. The highest BCUT2D eigenvalue weighted by Crippen LogP contribution is 2.16. The normalized spacial score (nSPS) is 22.6. The number of nitrogens with one attached hydrogen (secondary N) is 1. The summed E-state index contributed by atoms with van der Waals surface area (Å²) < 4.78 is 5.73. The molecule has 0 aliphatic carbocycles. The van der Waals surface area contributed by atoms with Crippen LogP contribution in [-0.4, -0.2) is 74.8 Å². The molecule has 0 amide bonds. The van der Waals surface area contributed by atoms with Crippen LogP contribution < -0.4 is 5.32 Å². The molecule has 2 rings (SSSR count). The second-order valence-corrected chi connectivity index (χ2v) is 6.99. The number of hydrogen-bond acceptors (Lipinski definition) is 3. The molecule has 1 N–H and O–H groups in total. The highest BCUT2D eigenvalue weighted by atomic mass is 16.5. The lowest BCUT2D eigenvalue weighted by molar-refractivity contribution is 0.0264. The van der Waals surface area contributed by atoms with E-state index >= 15 is 0 Å². The summed E-state index contributed by atoms with van der Waals surface area (Å²) >= 11 is 0. The Morgan fingerprint density at radius 1 is 1.13 bits per heavy atom. The van der Waals surface area contributed by atoms with E-state index in [4.69, 9.17) is 4.74 Å². The molecule has 0 radical (unpaired) electrons. The summed E-state index contributed by atoms with van der Waals surface area (Å²) in [5.41, 5.74) is 0. The molecule has 2 saturated heterocycles. The SMILES string of the molecule is CCOC1CCN(C(=NC)NCCCN2CCC(C)CC2)CC1. The molecule has 5 heteroatoms. The van der Waals surface area contributed by atoms with E-state index in [-0.39, 0.29) is 0 Å². The summed E-state index contributed by atoms with van der Waals surface area (Å²) in [5.74, 6) is 1.98. The Hall–Kier alpha value is -0.810. The van der Waals surface area contributed by atoms with Gasteiger partial charge in [-0.25, -0.2) is 0 Å². The van der Waals surface area contributed by atoms with E-state index in [0.717, 1.165) is 51.0 Å². The zero-order valence-corrected chi connectivity index (χ0v) is 15.4. The Balaban J connectivity index is 1.60. The van der Waals surface area contributed by atoms with Crippen LogP contribution in [0.4, 0.5) is 0 Å². The van der Waals surface area contributed by atoms with Crippen LogP contribution in [0.25, 0.3) is 0 Å². The van der Waals surface area contributed by atoms with E-state index in [1.165, 1.54) is 38.9 Å². The first kappa shape index (κ1) is 18.5. The Kier molecular flexibility index (Phi) is 8.17. The van der Waals surface area contributed by atoms with E-state index in [9.17, 15) is 0 Å². The van der Waals surface area contributed by atoms with Crippen LogP contribution in [0.2, 0.25) is 0 Å². The minimum atomic E-state index is 0.441. The number of piperidine rings is 2. The van der Waals surface area contributed by atoms with Gasteiger partial charge in [0.1, 0.15) is 0 Å². The molecule has 0 aromatic heterocycles. The summed E-state index contributed by atoms with van der Waals surface area (Å²) in [6.45, 7) is 12.2. The van der Waals surface area contributed by atoms with Gasteiger partial charge in [0.15, 0.2) is 5.96 Å². The molecule has 0 unspecified atom stereocenters. The lowest BCUT2D eigenvalue weighted by Crippen LogP contribution is -2.47. The second-order valence-electron chi connectivity index (χ2n) is 6.99. The number of hydrogen-bond donors (Lipinski definition) is 1. The highest BCUT2D eigenvalue weighted by Gasteiger charge is 2.21. The van der Waals surface area contributed by atoms with E-state index in [2.05, 4.69) is 34.0 Å². The maximum absolute atomic E-state index is 5.73. The first-order valence-corrected chi connectivity index (χ1v) is 9.52. The summed E-state index contributed by atoms with van der Waals surface area (Å²) in [6, 6.07) is 0. The Morgan fingerprint density at radius 2 is 1.83 bits per heavy atom. The predicted molar refractivity (Wildman–Crippen MR) is 97.0 cm³/mol. The van der Waals surface area contributed by atoms with Gasteiger partial charge in [-0.2, -0.15) is 0 Å². The number of likely N-dealkylation sites (tertiary alicyclic amines) is 2. The van der Waals surface area contributed by atoms with Crippen molar-refractivity contribution in [2.24, 2.45) is 10.9 Å². The smallest absolute Gasteiger partial charge is 0.193 e. The van der Waals surface area contributed by atoms with Gasteiger partial charge in [0, 0.05) is 33.3 Å². The van der Waals surface area contributed by atoms with Crippen LogP contribution in [0.5, 0.6) is 0 Å². The van der Waals surface area contributed by atoms with Gasteiger partial charge in [-0.1, -0.05) is 6.92 Å². The molecule has 0 aromatic carbocycles. The Labute approximate surface area is 142 Å². The number of nitrogens with zero attached hydrogens (tertiary/aromatic N) is 3. The first-order chi connectivity index (χ1) is 11.2. The van der Waals surface area contributed by atoms with Gasteiger partial charge in [-0.15, -0.1) is 0 Å². The lowest BCUT2D eigenvalue weighted by atomic mass is 9.99. The zero-order valence-electron chi connectivity index (χ0n) is 15.4. The van der Waals surface area contributed by atoms with Crippen molar-refractivity contribution in [1.82, 2.24) is 15.1 Å². The fourth-order valence-corrected chi connectivity index (χ4v) is 3.59. The van der Waals surface area contributed by atoms with Gasteiger partial charge in [-0.3, -0.25) is 4.99 Å². The average Bonchev–Trinajstić information content (AvgIpc) is 2.58. The third-order valence-corrected chi connectivity index (χ3v) is 5.17. The second kappa shape index (κ2) is 10.1. The molecule has 134 valence electrons. The van der Waals surface area contributed by atoms with Crippen molar-refractivity contribution in [3.63, 3.8) is 0 Å². The quantitative estimate of drug-likeness (QED) is 0.462. The third kappa shape index (κ3) is 6.30. The molecule has 0 bridgehead atoms. The molecule has 2 heterocycles. The van der Waals surface area contributed by atoms with Crippen molar-refractivity contribution < 1.29 is 4.74 Å². The van der Waals surface area contributed by atoms with Gasteiger partial charge < -0.3 is 19.9 Å². The fraction of sp³-hybridized carbons (Fsp3) is 0.944. The van der Waals surface area contributed by atoms with Crippen molar-refractivity contribution in [2.45, 2.75) is 52.1 Å². The van der Waals surface area contributed by atoms with E-state index in [0.29, 0.717) is 6.10 Å². The minimum Gasteiger partial charge on any atom is -0.378 e. The predicted octanol–water partition coefficient (Wildman–Crippen LogP) is 2.18. The Bertz CT molecular complexity index is 345. The summed E-state index contributed by atoms with van der Waals surface area (Å²) in [6.07, 6.45) is 6.59. The van der Waals surface area contributed by atoms with E-state index < -0.39 is 0 Å². The first-order valence-electron chi connectivity index (χ1n) is 9.52. The molecule has 0 aromatic rings. The number of ether oxygens (including phenoxy) is 1.